The lowest BCUT2D eigenvalue weighted by atomic mass is 9.95. The van der Waals surface area contributed by atoms with Gasteiger partial charge in [0.25, 0.3) is 5.91 Å². The second-order valence-corrected chi connectivity index (χ2v) is 7.95. The van der Waals surface area contributed by atoms with Crippen LogP contribution >= 0.6 is 0 Å². The van der Waals surface area contributed by atoms with Gasteiger partial charge < -0.3 is 10.0 Å². The molecule has 0 bridgehead atoms. The lowest BCUT2D eigenvalue weighted by Gasteiger charge is -2.26. The molecule has 0 saturated heterocycles. The van der Waals surface area contributed by atoms with E-state index in [0.29, 0.717) is 6.54 Å². The molecule has 1 heterocycles. The molecule has 0 unspecified atom stereocenters. The monoisotopic (exact) mass is 417 g/mol. The molecule has 3 rings (SSSR count). The second-order valence-electron chi connectivity index (χ2n) is 7.95. The van der Waals surface area contributed by atoms with Crippen molar-refractivity contribution in [1.29, 1.82) is 0 Å². The number of rotatable bonds is 11. The van der Waals surface area contributed by atoms with Crippen LogP contribution in [-0.2, 0) is 9.59 Å². The van der Waals surface area contributed by atoms with Gasteiger partial charge in [-0.15, -0.1) is 0 Å². The molecule has 162 valence electrons. The summed E-state index contributed by atoms with van der Waals surface area (Å²) in [6, 6.07) is 18.4. The van der Waals surface area contributed by atoms with Crippen LogP contribution < -0.4 is 0 Å². The number of hydrogen-bond donors (Lipinski definition) is 1. The first-order chi connectivity index (χ1) is 15.1. The van der Waals surface area contributed by atoms with Crippen molar-refractivity contribution in [3.63, 3.8) is 0 Å². The highest BCUT2D eigenvalue weighted by atomic mass is 16.3. The zero-order chi connectivity index (χ0) is 22.1. The van der Waals surface area contributed by atoms with Crippen LogP contribution in [-0.4, -0.2) is 28.2 Å². The Balaban J connectivity index is 1.80. The first kappa shape index (κ1) is 22.5. The van der Waals surface area contributed by atoms with E-state index in [1.54, 1.807) is 11.0 Å². The molecule has 0 aromatic heterocycles. The molecule has 0 spiro atoms. The topological polar surface area (TPSA) is 57.6 Å². The SMILES string of the molecule is CCCCCCCCN1C(=O)C(O)=C(C(=O)/C=C/c2ccccc2)[C@@H]1c1ccccc1. The average Bonchev–Trinajstić information content (AvgIpc) is 3.06. The summed E-state index contributed by atoms with van der Waals surface area (Å²) in [5, 5.41) is 10.6. The lowest BCUT2D eigenvalue weighted by molar-refractivity contribution is -0.129. The molecular weight excluding hydrogens is 386 g/mol. The van der Waals surface area contributed by atoms with Gasteiger partial charge >= 0.3 is 0 Å². The highest BCUT2D eigenvalue weighted by Gasteiger charge is 2.42. The lowest BCUT2D eigenvalue weighted by Crippen LogP contribution is -2.32. The Bertz CT molecular complexity index is 931. The van der Waals surface area contributed by atoms with E-state index in [1.807, 2.05) is 60.7 Å². The summed E-state index contributed by atoms with van der Waals surface area (Å²) in [5.74, 6) is -1.23. The first-order valence-corrected chi connectivity index (χ1v) is 11.2. The van der Waals surface area contributed by atoms with Crippen molar-refractivity contribution in [2.45, 2.75) is 51.5 Å². The Labute approximate surface area is 184 Å². The van der Waals surface area contributed by atoms with Gasteiger partial charge in [0.05, 0.1) is 11.6 Å². The number of aliphatic hydroxyl groups is 1. The summed E-state index contributed by atoms with van der Waals surface area (Å²) in [6.45, 7) is 2.71. The summed E-state index contributed by atoms with van der Waals surface area (Å²) in [5.41, 5.74) is 1.89. The predicted molar refractivity (Wildman–Crippen MR) is 124 cm³/mol. The van der Waals surface area contributed by atoms with Gasteiger partial charge in [0.15, 0.2) is 11.5 Å². The maximum absolute atomic E-state index is 13.1. The Morgan fingerprint density at radius 1 is 0.935 bits per heavy atom. The predicted octanol–water partition coefficient (Wildman–Crippen LogP) is 6.03. The molecule has 4 nitrogen and oxygen atoms in total. The minimum atomic E-state index is -0.558. The molecule has 2 aromatic carbocycles. The number of allylic oxidation sites excluding steroid dienone is 1. The summed E-state index contributed by atoms with van der Waals surface area (Å²) in [7, 11) is 0. The van der Waals surface area contributed by atoms with Crippen LogP contribution in [0.5, 0.6) is 0 Å². The minimum Gasteiger partial charge on any atom is -0.503 e. The van der Waals surface area contributed by atoms with E-state index < -0.39 is 17.7 Å². The van der Waals surface area contributed by atoms with Crippen molar-refractivity contribution in [3.05, 3.63) is 89.2 Å². The number of carbonyl (C=O) groups excluding carboxylic acids is 2. The smallest absolute Gasteiger partial charge is 0.290 e. The van der Waals surface area contributed by atoms with Crippen molar-refractivity contribution >= 4 is 17.8 Å². The van der Waals surface area contributed by atoms with Crippen LogP contribution in [0.2, 0.25) is 0 Å². The maximum atomic E-state index is 13.1. The first-order valence-electron chi connectivity index (χ1n) is 11.2. The number of hydrogen-bond acceptors (Lipinski definition) is 3. The number of aliphatic hydroxyl groups excluding tert-OH is 1. The Kier molecular flexibility index (Phi) is 8.22. The Morgan fingerprint density at radius 3 is 2.23 bits per heavy atom. The molecule has 0 saturated carbocycles. The summed E-state index contributed by atoms with van der Waals surface area (Å²) in [6.07, 6.45) is 9.80. The quantitative estimate of drug-likeness (QED) is 0.359. The van der Waals surface area contributed by atoms with Crippen molar-refractivity contribution in [3.8, 4) is 0 Å². The molecule has 1 aliphatic rings. The largest absolute Gasteiger partial charge is 0.503 e. The molecule has 1 aliphatic heterocycles. The van der Waals surface area contributed by atoms with Gasteiger partial charge in [0, 0.05) is 6.54 Å². The van der Waals surface area contributed by atoms with Crippen LogP contribution in [0.1, 0.15) is 62.6 Å². The van der Waals surface area contributed by atoms with Gasteiger partial charge in [-0.05, 0) is 23.6 Å². The summed E-state index contributed by atoms with van der Waals surface area (Å²) < 4.78 is 0. The molecule has 0 fully saturated rings. The van der Waals surface area contributed by atoms with Crippen molar-refractivity contribution in [2.75, 3.05) is 6.54 Å². The second kappa shape index (κ2) is 11.3. The maximum Gasteiger partial charge on any atom is 0.290 e. The molecule has 31 heavy (non-hydrogen) atoms. The van der Waals surface area contributed by atoms with Crippen LogP contribution in [0.15, 0.2) is 78.1 Å². The fourth-order valence-electron chi connectivity index (χ4n) is 4.01. The van der Waals surface area contributed by atoms with Crippen LogP contribution in [0, 0.1) is 0 Å². The van der Waals surface area contributed by atoms with Crippen LogP contribution in [0.4, 0.5) is 0 Å². The summed E-state index contributed by atoms with van der Waals surface area (Å²) in [4.78, 5) is 27.6. The van der Waals surface area contributed by atoms with Crippen LogP contribution in [0.25, 0.3) is 6.08 Å². The third-order valence-corrected chi connectivity index (χ3v) is 5.66. The molecule has 0 radical (unpaired) electrons. The van der Waals surface area contributed by atoms with Crippen molar-refractivity contribution in [1.82, 2.24) is 4.90 Å². The van der Waals surface area contributed by atoms with Crippen molar-refractivity contribution in [2.24, 2.45) is 0 Å². The molecule has 0 aliphatic carbocycles. The minimum absolute atomic E-state index is 0.161. The molecule has 4 heteroatoms. The molecular formula is C27H31NO3. The standard InChI is InChI=1S/C27H31NO3/c1-2-3-4-5-6-13-20-28-25(22-16-11-8-12-17-22)24(26(30)27(28)31)23(29)19-18-21-14-9-7-10-15-21/h7-12,14-19,25,30H,2-6,13,20H2,1H3/b19-18+/t25-/m0/s1. The van der Waals surface area contributed by atoms with E-state index in [-0.39, 0.29) is 11.4 Å². The molecule has 2 aromatic rings. The normalized spacial score (nSPS) is 16.5. The van der Waals surface area contributed by atoms with Gasteiger partial charge in [-0.2, -0.15) is 0 Å². The molecule has 1 amide bonds. The zero-order valence-electron chi connectivity index (χ0n) is 18.2. The van der Waals surface area contributed by atoms with Gasteiger partial charge in [-0.3, -0.25) is 9.59 Å². The highest BCUT2D eigenvalue weighted by molar-refractivity contribution is 6.14. The van der Waals surface area contributed by atoms with E-state index in [2.05, 4.69) is 6.92 Å². The van der Waals surface area contributed by atoms with E-state index in [0.717, 1.165) is 30.4 Å². The Morgan fingerprint density at radius 2 is 1.55 bits per heavy atom. The van der Waals surface area contributed by atoms with E-state index in [9.17, 15) is 14.7 Å². The number of ketones is 1. The molecule has 1 N–H and O–H groups in total. The number of nitrogens with zero attached hydrogens (tertiary/aromatic N) is 1. The van der Waals surface area contributed by atoms with Gasteiger partial charge in [0.1, 0.15) is 0 Å². The van der Waals surface area contributed by atoms with E-state index >= 15 is 0 Å². The van der Waals surface area contributed by atoms with Gasteiger partial charge in [-0.25, -0.2) is 0 Å². The zero-order valence-corrected chi connectivity index (χ0v) is 18.2. The highest BCUT2D eigenvalue weighted by Crippen LogP contribution is 2.38. The third-order valence-electron chi connectivity index (χ3n) is 5.66. The van der Waals surface area contributed by atoms with E-state index in [4.69, 9.17) is 0 Å². The third kappa shape index (κ3) is 5.72. The van der Waals surface area contributed by atoms with E-state index in [1.165, 1.54) is 25.3 Å². The van der Waals surface area contributed by atoms with Crippen molar-refractivity contribution < 1.29 is 14.7 Å². The van der Waals surface area contributed by atoms with Gasteiger partial charge in [-0.1, -0.05) is 106 Å². The van der Waals surface area contributed by atoms with Crippen LogP contribution in [0.3, 0.4) is 0 Å². The number of benzene rings is 2. The Hall–Kier alpha value is -3.14. The fourth-order valence-corrected chi connectivity index (χ4v) is 4.01. The van der Waals surface area contributed by atoms with Gasteiger partial charge in [0.2, 0.25) is 0 Å². The summed E-state index contributed by atoms with van der Waals surface area (Å²) >= 11 is 0. The number of carbonyl (C=O) groups is 2. The molecule has 1 atom stereocenters. The fraction of sp³-hybridized carbons (Fsp3) is 0.333. The average molecular weight is 418 g/mol. The number of unbranched alkanes of at least 4 members (excludes halogenated alkanes) is 5. The number of amides is 1.